The first-order chi connectivity index (χ1) is 12.6. The third-order valence-corrected chi connectivity index (χ3v) is 5.27. The van der Waals surface area contributed by atoms with Crippen LogP contribution < -0.4 is 10.6 Å². The Bertz CT molecular complexity index is 929. The number of nitrogens with two attached hydrogens (primary N) is 1. The maximum absolute atomic E-state index is 12.6. The number of pyridine rings is 1. The Morgan fingerprint density at radius 3 is 2.88 bits per heavy atom. The van der Waals surface area contributed by atoms with Crippen LogP contribution in [-0.2, 0) is 11.2 Å². The second kappa shape index (κ2) is 6.83. The molecule has 0 bridgehead atoms. The van der Waals surface area contributed by atoms with Gasteiger partial charge in [0.15, 0.2) is 10.6 Å². The first kappa shape index (κ1) is 16.6. The Morgan fingerprint density at radius 1 is 1.31 bits per heavy atom. The van der Waals surface area contributed by atoms with Crippen LogP contribution in [0.3, 0.4) is 0 Å². The molecule has 2 N–H and O–H groups in total. The summed E-state index contributed by atoms with van der Waals surface area (Å²) in [6, 6.07) is 3.87. The molecule has 1 amide bonds. The molecule has 1 aliphatic heterocycles. The number of nitrogens with zero attached hydrogens (tertiary/aromatic N) is 6. The van der Waals surface area contributed by atoms with Crippen LogP contribution in [0.2, 0.25) is 0 Å². The van der Waals surface area contributed by atoms with Crippen LogP contribution in [-0.4, -0.2) is 56.4 Å². The molecule has 3 aromatic heterocycles. The summed E-state index contributed by atoms with van der Waals surface area (Å²) in [4.78, 5) is 34.5. The first-order valence-electron chi connectivity index (χ1n) is 8.42. The molecule has 0 spiro atoms. The zero-order valence-electron chi connectivity index (χ0n) is 14.4. The first-order valence-corrected chi connectivity index (χ1v) is 9.30. The molecule has 0 saturated carbocycles. The van der Waals surface area contributed by atoms with Gasteiger partial charge >= 0.3 is 0 Å². The van der Waals surface area contributed by atoms with Gasteiger partial charge in [-0.15, -0.1) is 11.3 Å². The molecule has 4 heterocycles. The van der Waals surface area contributed by atoms with E-state index in [1.54, 1.807) is 17.9 Å². The Hall–Kier alpha value is -2.81. The number of anilines is 2. The Balaban J connectivity index is 1.50. The van der Waals surface area contributed by atoms with Gasteiger partial charge in [0, 0.05) is 38.1 Å². The zero-order chi connectivity index (χ0) is 18.1. The van der Waals surface area contributed by atoms with E-state index < -0.39 is 0 Å². The van der Waals surface area contributed by atoms with Gasteiger partial charge in [-0.2, -0.15) is 4.98 Å². The Morgan fingerprint density at radius 2 is 2.12 bits per heavy atom. The molecule has 1 aliphatic rings. The molecular weight excluding hydrogens is 350 g/mol. The van der Waals surface area contributed by atoms with Crippen molar-refractivity contribution in [3.63, 3.8) is 0 Å². The fourth-order valence-corrected chi connectivity index (χ4v) is 3.91. The van der Waals surface area contributed by atoms with Crippen LogP contribution in [0.4, 0.5) is 11.8 Å². The number of hydrogen-bond acceptors (Lipinski definition) is 8. The van der Waals surface area contributed by atoms with Gasteiger partial charge < -0.3 is 15.5 Å². The van der Waals surface area contributed by atoms with Gasteiger partial charge in [0.05, 0.1) is 11.9 Å². The van der Waals surface area contributed by atoms with Crippen molar-refractivity contribution in [1.29, 1.82) is 0 Å². The number of fused-ring (bicyclic) bond motifs is 1. The van der Waals surface area contributed by atoms with Crippen molar-refractivity contribution in [2.24, 2.45) is 0 Å². The Labute approximate surface area is 154 Å². The summed E-state index contributed by atoms with van der Waals surface area (Å²) in [6.45, 7) is 4.05. The summed E-state index contributed by atoms with van der Waals surface area (Å²) in [5.74, 6) is 1.13. The van der Waals surface area contributed by atoms with Gasteiger partial charge in [-0.1, -0.05) is 0 Å². The molecule has 0 aromatic carbocycles. The maximum Gasteiger partial charge on any atom is 0.227 e. The fourth-order valence-electron chi connectivity index (χ4n) is 3.25. The summed E-state index contributed by atoms with van der Waals surface area (Å²) >= 11 is 1.45. The minimum Gasteiger partial charge on any atom is -0.368 e. The quantitative estimate of drug-likeness (QED) is 0.743. The molecule has 4 rings (SSSR count). The number of hydrogen-bond donors (Lipinski definition) is 1. The van der Waals surface area contributed by atoms with Crippen molar-refractivity contribution < 1.29 is 4.79 Å². The lowest BCUT2D eigenvalue weighted by atomic mass is 10.1. The van der Waals surface area contributed by atoms with E-state index in [-0.39, 0.29) is 17.9 Å². The maximum atomic E-state index is 12.6. The van der Waals surface area contributed by atoms with Crippen LogP contribution in [0, 0.1) is 0 Å². The topological polar surface area (TPSA) is 101 Å². The Kier molecular flexibility index (Phi) is 4.37. The third kappa shape index (κ3) is 3.17. The third-order valence-electron chi connectivity index (χ3n) is 4.55. The predicted molar refractivity (Wildman–Crippen MR) is 101 cm³/mol. The van der Waals surface area contributed by atoms with Crippen molar-refractivity contribution in [3.05, 3.63) is 35.6 Å². The molecule has 3 aromatic rings. The van der Waals surface area contributed by atoms with Gasteiger partial charge in [0.1, 0.15) is 5.52 Å². The van der Waals surface area contributed by atoms with Crippen LogP contribution in [0.15, 0.2) is 30.0 Å². The number of amides is 1. The van der Waals surface area contributed by atoms with E-state index in [9.17, 15) is 4.79 Å². The standard InChI is InChI=1S/C17H19N7OS/c1-11-9-23(13(25)8-12-2-4-19-5-3-12)6-7-24(11)15-14-16(26-10-20-14)22-17(18)21-15/h2-5,10-11H,6-9H2,1H3,(H2,18,21,22). The molecule has 1 fully saturated rings. The molecule has 134 valence electrons. The second-order valence-corrected chi connectivity index (χ2v) is 7.16. The van der Waals surface area contributed by atoms with Crippen LogP contribution in [0.5, 0.6) is 0 Å². The number of nitrogen functional groups attached to an aromatic ring is 1. The zero-order valence-corrected chi connectivity index (χ0v) is 15.2. The van der Waals surface area contributed by atoms with E-state index >= 15 is 0 Å². The molecule has 1 atom stereocenters. The van der Waals surface area contributed by atoms with Crippen LogP contribution in [0.25, 0.3) is 10.3 Å². The minimum atomic E-state index is 0.115. The fraction of sp³-hybridized carbons (Fsp3) is 0.353. The van der Waals surface area contributed by atoms with Crippen molar-refractivity contribution in [3.8, 4) is 0 Å². The van der Waals surface area contributed by atoms with E-state index in [1.165, 1.54) is 11.3 Å². The molecule has 0 aliphatic carbocycles. The van der Waals surface area contributed by atoms with E-state index in [4.69, 9.17) is 5.73 Å². The van der Waals surface area contributed by atoms with E-state index in [1.807, 2.05) is 17.0 Å². The monoisotopic (exact) mass is 369 g/mol. The van der Waals surface area contributed by atoms with Gasteiger partial charge in [0.2, 0.25) is 11.9 Å². The molecule has 0 radical (unpaired) electrons. The number of carbonyl (C=O) groups excluding carboxylic acids is 1. The van der Waals surface area contributed by atoms with Gasteiger partial charge in [0.25, 0.3) is 0 Å². The highest BCUT2D eigenvalue weighted by atomic mass is 32.1. The number of rotatable bonds is 3. The summed E-state index contributed by atoms with van der Waals surface area (Å²) in [6.07, 6.45) is 3.82. The average molecular weight is 369 g/mol. The SMILES string of the molecule is CC1CN(C(=O)Cc2ccncc2)CCN1c1nc(N)nc2scnc12. The summed E-state index contributed by atoms with van der Waals surface area (Å²) in [7, 11) is 0. The molecular formula is C17H19N7OS. The lowest BCUT2D eigenvalue weighted by Gasteiger charge is -2.40. The number of carbonyl (C=O) groups is 1. The highest BCUT2D eigenvalue weighted by Gasteiger charge is 2.29. The minimum absolute atomic E-state index is 0.115. The van der Waals surface area contributed by atoms with Crippen LogP contribution in [0.1, 0.15) is 12.5 Å². The smallest absolute Gasteiger partial charge is 0.227 e. The number of piperazine rings is 1. The average Bonchev–Trinajstić information content (AvgIpc) is 3.10. The molecule has 1 saturated heterocycles. The second-order valence-electron chi connectivity index (χ2n) is 6.33. The molecule has 8 nitrogen and oxygen atoms in total. The molecule has 9 heteroatoms. The van der Waals surface area contributed by atoms with Crippen molar-refractivity contribution >= 4 is 39.4 Å². The van der Waals surface area contributed by atoms with E-state index in [2.05, 4.69) is 31.8 Å². The lowest BCUT2D eigenvalue weighted by molar-refractivity contribution is -0.131. The molecule has 1 unspecified atom stereocenters. The molecule has 26 heavy (non-hydrogen) atoms. The van der Waals surface area contributed by atoms with E-state index in [0.717, 1.165) is 21.7 Å². The van der Waals surface area contributed by atoms with E-state index in [0.29, 0.717) is 26.1 Å². The summed E-state index contributed by atoms with van der Waals surface area (Å²) in [5.41, 5.74) is 9.36. The number of aromatic nitrogens is 4. The highest BCUT2D eigenvalue weighted by molar-refractivity contribution is 7.16. The predicted octanol–water partition coefficient (Wildman–Crippen LogP) is 1.34. The van der Waals surface area contributed by atoms with Crippen molar-refractivity contribution in [2.75, 3.05) is 30.3 Å². The largest absolute Gasteiger partial charge is 0.368 e. The summed E-state index contributed by atoms with van der Waals surface area (Å²) < 4.78 is 0. The normalized spacial score (nSPS) is 17.7. The van der Waals surface area contributed by atoms with Crippen LogP contribution >= 0.6 is 11.3 Å². The summed E-state index contributed by atoms with van der Waals surface area (Å²) in [5, 5.41) is 0. The van der Waals surface area contributed by atoms with Gasteiger partial charge in [-0.05, 0) is 24.6 Å². The van der Waals surface area contributed by atoms with Crippen molar-refractivity contribution in [1.82, 2.24) is 24.8 Å². The van der Waals surface area contributed by atoms with Crippen molar-refractivity contribution in [2.45, 2.75) is 19.4 Å². The number of thiazole rings is 1. The lowest BCUT2D eigenvalue weighted by Crippen LogP contribution is -2.54. The highest BCUT2D eigenvalue weighted by Crippen LogP contribution is 2.28. The van der Waals surface area contributed by atoms with Gasteiger partial charge in [-0.25, -0.2) is 9.97 Å². The van der Waals surface area contributed by atoms with Gasteiger partial charge in [-0.3, -0.25) is 9.78 Å².